The Kier molecular flexibility index (Phi) is 6.09. The summed E-state index contributed by atoms with van der Waals surface area (Å²) in [5.41, 5.74) is 3.31. The van der Waals surface area contributed by atoms with Crippen LogP contribution in [0.1, 0.15) is 16.7 Å². The summed E-state index contributed by atoms with van der Waals surface area (Å²) < 4.78 is 5.29. The maximum absolute atomic E-state index is 10.7. The summed E-state index contributed by atoms with van der Waals surface area (Å²) in [5, 5.41) is 17.4. The summed E-state index contributed by atoms with van der Waals surface area (Å²) in [6.45, 7) is -0.409. The van der Waals surface area contributed by atoms with E-state index in [1.165, 1.54) is 0 Å². The van der Waals surface area contributed by atoms with Gasteiger partial charge in [-0.05, 0) is 12.1 Å². The molecule has 0 heterocycles. The highest BCUT2D eigenvalue weighted by Crippen LogP contribution is 2.16. The lowest BCUT2D eigenvalue weighted by atomic mass is 10.0. The quantitative estimate of drug-likeness (QED) is 0.512. The number of rotatable bonds is 7. The Morgan fingerprint density at radius 3 is 2.00 bits per heavy atom. The molecule has 27 heavy (non-hydrogen) atoms. The van der Waals surface area contributed by atoms with E-state index in [4.69, 9.17) is 9.84 Å². The van der Waals surface area contributed by atoms with Crippen LogP contribution in [-0.2, 0) is 4.79 Å². The fourth-order valence-electron chi connectivity index (χ4n) is 2.48. The van der Waals surface area contributed by atoms with Gasteiger partial charge in [0.2, 0.25) is 0 Å². The summed E-state index contributed by atoms with van der Waals surface area (Å²) >= 11 is 0. The Morgan fingerprint density at radius 2 is 1.41 bits per heavy atom. The normalized spacial score (nSPS) is 10.5. The molecule has 0 bridgehead atoms. The maximum atomic E-state index is 10.7. The van der Waals surface area contributed by atoms with E-state index in [-0.39, 0.29) is 0 Å². The van der Waals surface area contributed by atoms with Crippen molar-refractivity contribution in [2.24, 2.45) is 10.2 Å². The molecule has 0 amide bonds. The molecule has 3 rings (SSSR count). The van der Waals surface area contributed by atoms with Gasteiger partial charge in [0.1, 0.15) is 11.5 Å². The first kappa shape index (κ1) is 18.1. The number of hydrogen-bond donors (Lipinski definition) is 1. The lowest BCUT2D eigenvalue weighted by Gasteiger charge is -2.06. The molecule has 0 spiro atoms. The highest BCUT2D eigenvalue weighted by Gasteiger charge is 2.06. The van der Waals surface area contributed by atoms with Gasteiger partial charge in [0.15, 0.2) is 6.61 Å². The van der Waals surface area contributed by atoms with Crippen molar-refractivity contribution in [1.82, 2.24) is 0 Å². The van der Waals surface area contributed by atoms with Crippen molar-refractivity contribution in [2.45, 2.75) is 0 Å². The second kappa shape index (κ2) is 9.10. The molecular formula is C22H18N2O3. The van der Waals surface area contributed by atoms with Gasteiger partial charge < -0.3 is 9.84 Å². The molecule has 0 aliphatic rings. The molecule has 5 heteroatoms. The molecule has 0 aromatic heterocycles. The summed E-state index contributed by atoms with van der Waals surface area (Å²) in [6, 6.07) is 26.7. The molecule has 0 radical (unpaired) electrons. The van der Waals surface area contributed by atoms with Crippen molar-refractivity contribution in [1.29, 1.82) is 0 Å². The van der Waals surface area contributed by atoms with Gasteiger partial charge in [-0.25, -0.2) is 4.79 Å². The number of hydrogen-bond acceptors (Lipinski definition) is 4. The van der Waals surface area contributed by atoms with Crippen LogP contribution in [0.4, 0.5) is 0 Å². The number of para-hydroxylation sites is 1. The van der Waals surface area contributed by atoms with Crippen LogP contribution in [0.5, 0.6) is 5.75 Å². The summed E-state index contributed by atoms with van der Waals surface area (Å²) in [7, 11) is 0. The first-order chi connectivity index (χ1) is 13.2. The average molecular weight is 358 g/mol. The molecular weight excluding hydrogens is 340 g/mol. The first-order valence-corrected chi connectivity index (χ1v) is 8.39. The Balaban J connectivity index is 1.90. The van der Waals surface area contributed by atoms with Crippen molar-refractivity contribution in [3.8, 4) is 5.75 Å². The number of carboxylic acid groups (broad SMARTS) is 1. The molecule has 0 fully saturated rings. The van der Waals surface area contributed by atoms with E-state index in [9.17, 15) is 4.79 Å². The van der Waals surface area contributed by atoms with Gasteiger partial charge in [0, 0.05) is 16.7 Å². The van der Waals surface area contributed by atoms with Crippen LogP contribution in [0.25, 0.3) is 0 Å². The van der Waals surface area contributed by atoms with E-state index in [1.54, 1.807) is 24.4 Å². The van der Waals surface area contributed by atoms with Gasteiger partial charge in [-0.15, -0.1) is 5.10 Å². The number of nitrogens with zero attached hydrogens (tertiary/aromatic N) is 2. The van der Waals surface area contributed by atoms with Gasteiger partial charge in [0.05, 0.1) is 6.21 Å². The van der Waals surface area contributed by atoms with Crippen molar-refractivity contribution in [3.05, 3.63) is 102 Å². The number of benzene rings is 3. The largest absolute Gasteiger partial charge is 0.481 e. The van der Waals surface area contributed by atoms with Crippen LogP contribution in [0, 0.1) is 0 Å². The molecule has 1 N–H and O–H groups in total. The van der Waals surface area contributed by atoms with Crippen LogP contribution >= 0.6 is 0 Å². The molecule has 134 valence electrons. The highest BCUT2D eigenvalue weighted by atomic mass is 16.5. The molecule has 0 saturated heterocycles. The Morgan fingerprint density at radius 1 is 0.852 bits per heavy atom. The zero-order valence-corrected chi connectivity index (χ0v) is 14.5. The predicted octanol–water partition coefficient (Wildman–Crippen LogP) is 4.02. The Bertz CT molecular complexity index is 910. The molecule has 0 unspecified atom stereocenters. The lowest BCUT2D eigenvalue weighted by Crippen LogP contribution is -2.10. The fraction of sp³-hybridized carbons (Fsp3) is 0.0455. The second-order valence-corrected chi connectivity index (χ2v) is 5.65. The maximum Gasteiger partial charge on any atom is 0.341 e. The van der Waals surface area contributed by atoms with Crippen LogP contribution < -0.4 is 4.74 Å². The van der Waals surface area contributed by atoms with Gasteiger partial charge in [-0.1, -0.05) is 72.8 Å². The second-order valence-electron chi connectivity index (χ2n) is 5.65. The van der Waals surface area contributed by atoms with Crippen molar-refractivity contribution >= 4 is 17.9 Å². The predicted molar refractivity (Wildman–Crippen MR) is 106 cm³/mol. The highest BCUT2D eigenvalue weighted by molar-refractivity contribution is 6.13. The van der Waals surface area contributed by atoms with Gasteiger partial charge in [-0.2, -0.15) is 5.10 Å². The van der Waals surface area contributed by atoms with Gasteiger partial charge in [-0.3, -0.25) is 0 Å². The average Bonchev–Trinajstić information content (AvgIpc) is 2.71. The number of carbonyl (C=O) groups is 1. The van der Waals surface area contributed by atoms with E-state index in [0.29, 0.717) is 11.3 Å². The van der Waals surface area contributed by atoms with E-state index >= 15 is 0 Å². The summed E-state index contributed by atoms with van der Waals surface area (Å²) in [4.78, 5) is 10.7. The van der Waals surface area contributed by atoms with E-state index in [2.05, 4.69) is 10.2 Å². The van der Waals surface area contributed by atoms with Gasteiger partial charge in [0.25, 0.3) is 0 Å². The molecule has 0 saturated carbocycles. The summed E-state index contributed by atoms with van der Waals surface area (Å²) in [5.74, 6) is -0.588. The third kappa shape index (κ3) is 5.12. The number of ether oxygens (including phenoxy) is 1. The fourth-order valence-corrected chi connectivity index (χ4v) is 2.48. The number of aliphatic carboxylic acids is 1. The van der Waals surface area contributed by atoms with Crippen LogP contribution in [0.3, 0.4) is 0 Å². The minimum atomic E-state index is -1.03. The SMILES string of the molecule is O=C(O)COc1ccccc1/C=N/N=C(c1ccccc1)c1ccccc1. The summed E-state index contributed by atoms with van der Waals surface area (Å²) in [6.07, 6.45) is 1.56. The monoisotopic (exact) mass is 358 g/mol. The molecule has 3 aromatic carbocycles. The topological polar surface area (TPSA) is 71.2 Å². The van der Waals surface area contributed by atoms with E-state index in [0.717, 1.165) is 16.8 Å². The molecule has 5 nitrogen and oxygen atoms in total. The number of carboxylic acids is 1. The van der Waals surface area contributed by atoms with Crippen molar-refractivity contribution in [2.75, 3.05) is 6.61 Å². The molecule has 3 aromatic rings. The third-order valence-corrected chi connectivity index (χ3v) is 3.72. The third-order valence-electron chi connectivity index (χ3n) is 3.72. The van der Waals surface area contributed by atoms with Crippen molar-refractivity contribution < 1.29 is 14.6 Å². The van der Waals surface area contributed by atoms with Crippen LogP contribution in [0.15, 0.2) is 95.1 Å². The first-order valence-electron chi connectivity index (χ1n) is 8.39. The van der Waals surface area contributed by atoms with Crippen LogP contribution in [0.2, 0.25) is 0 Å². The van der Waals surface area contributed by atoms with E-state index < -0.39 is 12.6 Å². The van der Waals surface area contributed by atoms with E-state index in [1.807, 2.05) is 66.7 Å². The molecule has 0 atom stereocenters. The minimum absolute atomic E-state index is 0.409. The standard InChI is InChI=1S/C22H18N2O3/c25-21(26)16-27-20-14-8-7-13-19(20)15-23-24-22(17-9-3-1-4-10-17)18-11-5-2-6-12-18/h1-15H,16H2,(H,25,26)/b23-15+. The minimum Gasteiger partial charge on any atom is -0.481 e. The Labute approximate surface area is 157 Å². The molecule has 0 aliphatic heterocycles. The van der Waals surface area contributed by atoms with Gasteiger partial charge >= 0.3 is 5.97 Å². The zero-order chi connectivity index (χ0) is 18.9. The molecule has 0 aliphatic carbocycles. The Hall–Kier alpha value is -3.73. The smallest absolute Gasteiger partial charge is 0.341 e. The van der Waals surface area contributed by atoms with Crippen molar-refractivity contribution in [3.63, 3.8) is 0 Å². The zero-order valence-electron chi connectivity index (χ0n) is 14.5. The van der Waals surface area contributed by atoms with Crippen LogP contribution in [-0.4, -0.2) is 29.6 Å². The lowest BCUT2D eigenvalue weighted by molar-refractivity contribution is -0.139.